The van der Waals surface area contributed by atoms with E-state index >= 15 is 0 Å². The number of piperidine rings is 1. The van der Waals surface area contributed by atoms with Gasteiger partial charge in [-0.2, -0.15) is 0 Å². The van der Waals surface area contributed by atoms with Gasteiger partial charge in [0.1, 0.15) is 5.82 Å². The molecule has 0 aromatic carbocycles. The quantitative estimate of drug-likeness (QED) is 0.805. The highest BCUT2D eigenvalue weighted by atomic mass is 16.5. The molecule has 1 atom stereocenters. The average molecular weight is 380 g/mol. The van der Waals surface area contributed by atoms with Gasteiger partial charge < -0.3 is 10.1 Å². The molecule has 28 heavy (non-hydrogen) atoms. The van der Waals surface area contributed by atoms with Crippen LogP contribution in [0.25, 0.3) is 5.88 Å². The van der Waals surface area contributed by atoms with Crippen LogP contribution in [0.5, 0.6) is 0 Å². The van der Waals surface area contributed by atoms with Gasteiger partial charge in [0.15, 0.2) is 0 Å². The number of amides is 2. The summed E-state index contributed by atoms with van der Waals surface area (Å²) in [7, 11) is 1.57. The van der Waals surface area contributed by atoms with Crippen LogP contribution in [0.2, 0.25) is 0 Å². The highest BCUT2D eigenvalue weighted by Gasteiger charge is 2.22. The third-order valence-electron chi connectivity index (χ3n) is 4.94. The van der Waals surface area contributed by atoms with Crippen molar-refractivity contribution >= 4 is 17.7 Å². The van der Waals surface area contributed by atoms with Gasteiger partial charge >= 0.3 is 6.03 Å². The zero-order valence-electron chi connectivity index (χ0n) is 16.1. The molecule has 2 aliphatic heterocycles. The first-order valence-electron chi connectivity index (χ1n) is 9.46. The van der Waals surface area contributed by atoms with Gasteiger partial charge in [-0.15, -0.1) is 0 Å². The SMILES string of the molecule is COC1=c2cnc(NC(=O)NC3CCCN(Cc4cccc(C)n4)C3)cc2=N1. The maximum Gasteiger partial charge on any atom is 0.320 e. The zero-order valence-corrected chi connectivity index (χ0v) is 16.1. The minimum atomic E-state index is -0.247. The monoisotopic (exact) mass is 380 g/mol. The Kier molecular flexibility index (Phi) is 5.21. The van der Waals surface area contributed by atoms with Crippen LogP contribution in [0.1, 0.15) is 24.2 Å². The molecule has 8 heteroatoms. The lowest BCUT2D eigenvalue weighted by Crippen LogP contribution is -2.48. The lowest BCUT2D eigenvalue weighted by atomic mass is 10.1. The van der Waals surface area contributed by atoms with E-state index in [2.05, 4.69) is 30.5 Å². The van der Waals surface area contributed by atoms with Crippen molar-refractivity contribution in [3.63, 3.8) is 0 Å². The van der Waals surface area contributed by atoms with Crippen LogP contribution in [0.4, 0.5) is 10.6 Å². The van der Waals surface area contributed by atoms with Gasteiger partial charge in [-0.3, -0.25) is 15.2 Å². The van der Waals surface area contributed by atoms with E-state index in [1.54, 1.807) is 19.4 Å². The number of likely N-dealkylation sites (tertiary alicyclic amines) is 1. The number of hydrogen-bond acceptors (Lipinski definition) is 6. The summed E-state index contributed by atoms with van der Waals surface area (Å²) in [4.78, 5) is 27.7. The topological polar surface area (TPSA) is 91.7 Å². The van der Waals surface area contributed by atoms with Crippen molar-refractivity contribution in [3.05, 3.63) is 52.4 Å². The molecule has 0 saturated carbocycles. The number of ether oxygens (including phenoxy) is 1. The second-order valence-corrected chi connectivity index (χ2v) is 7.15. The van der Waals surface area contributed by atoms with Crippen molar-refractivity contribution in [2.45, 2.75) is 32.4 Å². The van der Waals surface area contributed by atoms with Crippen LogP contribution in [0, 0.1) is 6.92 Å². The van der Waals surface area contributed by atoms with Crippen molar-refractivity contribution in [1.29, 1.82) is 0 Å². The van der Waals surface area contributed by atoms with Crippen LogP contribution >= 0.6 is 0 Å². The van der Waals surface area contributed by atoms with Crippen LogP contribution < -0.4 is 21.2 Å². The minimum Gasteiger partial charge on any atom is -0.480 e. The summed E-state index contributed by atoms with van der Waals surface area (Å²) in [5.74, 6) is 1.05. The summed E-state index contributed by atoms with van der Waals surface area (Å²) in [6.45, 7) is 4.62. The first-order chi connectivity index (χ1) is 13.6. The molecule has 2 aliphatic rings. The number of nitrogens with one attached hydrogen (secondary N) is 2. The minimum absolute atomic E-state index is 0.100. The number of anilines is 1. The third-order valence-corrected chi connectivity index (χ3v) is 4.94. The first kappa shape index (κ1) is 18.4. The number of nitrogens with zero attached hydrogens (tertiary/aromatic N) is 4. The standard InChI is InChI=1S/C20H24N6O2/c1-13-5-3-6-14(22-13)11-26-8-4-7-15(12-26)23-20(27)25-18-9-17-16(10-21-18)19(24-17)28-2/h3,5-6,9-10,15H,4,7-8,11-12H2,1-2H3,(H2,21,23,25,27). The molecule has 2 aromatic heterocycles. The van der Waals surface area contributed by atoms with Gasteiger partial charge in [-0.1, -0.05) is 6.07 Å². The average Bonchev–Trinajstić information content (AvgIpc) is 2.64. The summed E-state index contributed by atoms with van der Waals surface area (Å²) in [6.07, 6.45) is 3.67. The van der Waals surface area contributed by atoms with Crippen molar-refractivity contribution in [1.82, 2.24) is 20.2 Å². The van der Waals surface area contributed by atoms with Crippen LogP contribution in [0.3, 0.4) is 0 Å². The molecule has 0 aliphatic carbocycles. The Morgan fingerprint density at radius 3 is 3.07 bits per heavy atom. The summed E-state index contributed by atoms with van der Waals surface area (Å²) >= 11 is 0. The zero-order chi connectivity index (χ0) is 19.5. The predicted molar refractivity (Wildman–Crippen MR) is 105 cm³/mol. The molecule has 0 radical (unpaired) electrons. The Balaban J connectivity index is 1.31. The molecule has 146 valence electrons. The number of fused-ring (bicyclic) bond motifs is 1. The van der Waals surface area contributed by atoms with E-state index in [9.17, 15) is 4.79 Å². The molecule has 1 unspecified atom stereocenters. The number of aromatic nitrogens is 2. The van der Waals surface area contributed by atoms with Crippen LogP contribution in [-0.2, 0) is 11.3 Å². The summed E-state index contributed by atoms with van der Waals surface area (Å²) in [5, 5.41) is 7.48. The number of aryl methyl sites for hydroxylation is 1. The number of rotatable bonds is 5. The van der Waals surface area contributed by atoms with Gasteiger partial charge in [0.2, 0.25) is 5.88 Å². The third kappa shape index (κ3) is 4.12. The Bertz CT molecular complexity index is 1010. The van der Waals surface area contributed by atoms with E-state index in [4.69, 9.17) is 4.74 Å². The lowest BCUT2D eigenvalue weighted by Gasteiger charge is -2.32. The molecule has 1 saturated heterocycles. The number of urea groups is 1. The predicted octanol–water partition coefficient (Wildman–Crippen LogP) is 0.916. The molecule has 1 fully saturated rings. The highest BCUT2D eigenvalue weighted by Crippen LogP contribution is 2.13. The normalized spacial score (nSPS) is 18.5. The number of hydrogen-bond donors (Lipinski definition) is 2. The van der Waals surface area contributed by atoms with Gasteiger partial charge in [0.25, 0.3) is 0 Å². The van der Waals surface area contributed by atoms with Crippen LogP contribution in [0.15, 0.2) is 35.5 Å². The van der Waals surface area contributed by atoms with Gasteiger partial charge in [-0.05, 0) is 38.4 Å². The lowest BCUT2D eigenvalue weighted by molar-refractivity contribution is 0.182. The Hall–Kier alpha value is -3.00. The Morgan fingerprint density at radius 1 is 1.39 bits per heavy atom. The Labute approximate surface area is 163 Å². The van der Waals surface area contributed by atoms with Crippen molar-refractivity contribution in [2.24, 2.45) is 4.99 Å². The number of carbonyl (C=O) groups excluding carboxylic acids is 1. The fourth-order valence-electron chi connectivity index (χ4n) is 3.61. The van der Waals surface area contributed by atoms with Crippen molar-refractivity contribution in [3.8, 4) is 0 Å². The fourth-order valence-corrected chi connectivity index (χ4v) is 3.61. The second kappa shape index (κ2) is 7.93. The van der Waals surface area contributed by atoms with Gasteiger partial charge in [0, 0.05) is 37.1 Å². The van der Waals surface area contributed by atoms with E-state index in [0.29, 0.717) is 11.7 Å². The largest absolute Gasteiger partial charge is 0.480 e. The molecule has 0 spiro atoms. The Morgan fingerprint density at radius 2 is 2.29 bits per heavy atom. The molecule has 0 bridgehead atoms. The van der Waals surface area contributed by atoms with Crippen molar-refractivity contribution < 1.29 is 9.53 Å². The highest BCUT2D eigenvalue weighted by molar-refractivity contribution is 5.88. The van der Waals surface area contributed by atoms with Crippen LogP contribution in [-0.4, -0.2) is 47.1 Å². The van der Waals surface area contributed by atoms with Crippen molar-refractivity contribution in [2.75, 3.05) is 25.5 Å². The molecule has 4 rings (SSSR count). The molecule has 2 N–H and O–H groups in total. The van der Waals surface area contributed by atoms with E-state index in [1.807, 2.05) is 25.1 Å². The summed E-state index contributed by atoms with van der Waals surface area (Å²) in [6, 6.07) is 7.68. The van der Waals surface area contributed by atoms with Gasteiger partial charge in [0.05, 0.1) is 23.4 Å². The van der Waals surface area contributed by atoms with E-state index in [-0.39, 0.29) is 12.1 Å². The van der Waals surface area contributed by atoms with E-state index in [1.165, 1.54) is 0 Å². The number of carbonyl (C=O) groups is 1. The molecule has 2 aromatic rings. The molecular formula is C20H24N6O2. The smallest absolute Gasteiger partial charge is 0.320 e. The molecule has 4 heterocycles. The molecular weight excluding hydrogens is 356 g/mol. The summed E-state index contributed by atoms with van der Waals surface area (Å²) < 4.78 is 5.09. The maximum absolute atomic E-state index is 12.4. The van der Waals surface area contributed by atoms with E-state index < -0.39 is 0 Å². The first-order valence-corrected chi connectivity index (χ1v) is 9.46. The maximum atomic E-state index is 12.4. The molecule has 2 amide bonds. The summed E-state index contributed by atoms with van der Waals surface area (Å²) in [5.41, 5.74) is 2.09. The second-order valence-electron chi connectivity index (χ2n) is 7.15. The fraction of sp³-hybridized carbons (Fsp3) is 0.400. The number of pyridine rings is 2. The number of methoxy groups -OCH3 is 1. The van der Waals surface area contributed by atoms with E-state index in [0.717, 1.165) is 54.4 Å². The van der Waals surface area contributed by atoms with Gasteiger partial charge in [-0.25, -0.2) is 14.8 Å². The molecule has 8 nitrogen and oxygen atoms in total.